The molecule has 0 aromatic carbocycles. The van der Waals surface area contributed by atoms with Gasteiger partial charge in [0.2, 0.25) is 0 Å². The van der Waals surface area contributed by atoms with Crippen LogP contribution in [0.25, 0.3) is 0 Å². The minimum absolute atomic E-state index is 0.119. The van der Waals surface area contributed by atoms with Crippen LogP contribution in [0.4, 0.5) is 0 Å². The molecule has 0 atom stereocenters. The summed E-state index contributed by atoms with van der Waals surface area (Å²) in [5.74, 6) is 0.119. The number of pyridine rings is 2. The highest BCUT2D eigenvalue weighted by Gasteiger charge is 2.41. The summed E-state index contributed by atoms with van der Waals surface area (Å²) >= 11 is 0. The molecular formula is C20H24N4O. The highest BCUT2D eigenvalue weighted by molar-refractivity contribution is 5.93. The number of hydrogen-bond acceptors (Lipinski definition) is 4. The van der Waals surface area contributed by atoms with Gasteiger partial charge in [-0.05, 0) is 55.0 Å². The Morgan fingerprint density at radius 2 is 1.72 bits per heavy atom. The van der Waals surface area contributed by atoms with E-state index in [1.807, 2.05) is 35.5 Å². The van der Waals surface area contributed by atoms with Gasteiger partial charge in [-0.15, -0.1) is 0 Å². The van der Waals surface area contributed by atoms with Crippen molar-refractivity contribution in [2.45, 2.75) is 25.8 Å². The Bertz CT molecular complexity index is 711. The van der Waals surface area contributed by atoms with E-state index in [1.54, 1.807) is 12.4 Å². The predicted molar refractivity (Wildman–Crippen MR) is 95.9 cm³/mol. The summed E-state index contributed by atoms with van der Waals surface area (Å²) in [6.07, 6.45) is 10.6. The molecule has 5 heteroatoms. The fraction of sp³-hybridized carbons (Fsp3) is 0.450. The molecule has 2 fully saturated rings. The van der Waals surface area contributed by atoms with Crippen LogP contribution < -0.4 is 0 Å². The Hall–Kier alpha value is -2.27. The van der Waals surface area contributed by atoms with Crippen molar-refractivity contribution in [2.75, 3.05) is 26.2 Å². The van der Waals surface area contributed by atoms with Gasteiger partial charge in [-0.1, -0.05) is 6.07 Å². The van der Waals surface area contributed by atoms with E-state index < -0.39 is 0 Å². The number of likely N-dealkylation sites (tertiary alicyclic amines) is 2. The van der Waals surface area contributed by atoms with Crippen LogP contribution in [-0.2, 0) is 6.54 Å². The largest absolute Gasteiger partial charge is 0.339 e. The maximum Gasteiger partial charge on any atom is 0.255 e. The summed E-state index contributed by atoms with van der Waals surface area (Å²) in [6.45, 7) is 4.97. The van der Waals surface area contributed by atoms with Gasteiger partial charge in [-0.2, -0.15) is 0 Å². The molecule has 0 radical (unpaired) electrons. The van der Waals surface area contributed by atoms with Crippen molar-refractivity contribution < 1.29 is 4.79 Å². The van der Waals surface area contributed by atoms with Gasteiger partial charge in [0.05, 0.1) is 5.56 Å². The van der Waals surface area contributed by atoms with Crippen LogP contribution in [0.5, 0.6) is 0 Å². The van der Waals surface area contributed by atoms with Gasteiger partial charge in [-0.3, -0.25) is 19.7 Å². The normalized spacial score (nSPS) is 20.1. The third-order valence-corrected chi connectivity index (χ3v) is 5.67. The molecule has 130 valence electrons. The Morgan fingerprint density at radius 1 is 1.00 bits per heavy atom. The molecule has 0 N–H and O–H groups in total. The molecule has 0 bridgehead atoms. The lowest BCUT2D eigenvalue weighted by atomic mass is 9.77. The monoisotopic (exact) mass is 336 g/mol. The lowest BCUT2D eigenvalue weighted by Crippen LogP contribution is -2.44. The molecule has 25 heavy (non-hydrogen) atoms. The van der Waals surface area contributed by atoms with Crippen molar-refractivity contribution in [3.63, 3.8) is 0 Å². The zero-order valence-electron chi connectivity index (χ0n) is 14.5. The summed E-state index contributed by atoms with van der Waals surface area (Å²) in [6, 6.07) is 7.83. The summed E-state index contributed by atoms with van der Waals surface area (Å²) in [5, 5.41) is 0. The number of carbonyl (C=O) groups excluding carboxylic acids is 1. The molecule has 0 aliphatic carbocycles. The minimum Gasteiger partial charge on any atom is -0.339 e. The van der Waals surface area contributed by atoms with Gasteiger partial charge >= 0.3 is 0 Å². The molecule has 0 saturated carbocycles. The molecule has 2 aliphatic rings. The Kier molecular flexibility index (Phi) is 4.49. The molecular weight excluding hydrogens is 312 g/mol. The summed E-state index contributed by atoms with van der Waals surface area (Å²) in [5.41, 5.74) is 2.36. The smallest absolute Gasteiger partial charge is 0.255 e. The topological polar surface area (TPSA) is 49.3 Å². The van der Waals surface area contributed by atoms with Crippen molar-refractivity contribution >= 4 is 5.91 Å². The Labute approximate surface area is 148 Å². The van der Waals surface area contributed by atoms with Crippen molar-refractivity contribution in [2.24, 2.45) is 5.41 Å². The van der Waals surface area contributed by atoms with Gasteiger partial charge in [0.25, 0.3) is 5.91 Å². The van der Waals surface area contributed by atoms with Crippen LogP contribution >= 0.6 is 0 Å². The van der Waals surface area contributed by atoms with Crippen molar-refractivity contribution in [3.05, 3.63) is 60.2 Å². The first-order valence-corrected chi connectivity index (χ1v) is 9.05. The lowest BCUT2D eigenvalue weighted by molar-refractivity contribution is 0.0587. The fourth-order valence-corrected chi connectivity index (χ4v) is 4.18. The van der Waals surface area contributed by atoms with Crippen molar-refractivity contribution in [3.8, 4) is 0 Å². The number of carbonyl (C=O) groups is 1. The van der Waals surface area contributed by atoms with Crippen LogP contribution in [0, 0.1) is 5.41 Å². The summed E-state index contributed by atoms with van der Waals surface area (Å²) in [4.78, 5) is 25.4. The zero-order chi connectivity index (χ0) is 17.1. The molecule has 2 aromatic rings. The van der Waals surface area contributed by atoms with E-state index in [-0.39, 0.29) is 5.91 Å². The Balaban J connectivity index is 1.33. The fourth-order valence-electron chi connectivity index (χ4n) is 4.18. The molecule has 2 aliphatic heterocycles. The Morgan fingerprint density at radius 3 is 2.40 bits per heavy atom. The molecule has 4 rings (SSSR count). The van der Waals surface area contributed by atoms with Crippen LogP contribution in [0.1, 0.15) is 35.2 Å². The number of aromatic nitrogens is 2. The first kappa shape index (κ1) is 16.2. The van der Waals surface area contributed by atoms with Gasteiger partial charge in [0.1, 0.15) is 0 Å². The van der Waals surface area contributed by atoms with Crippen LogP contribution in [0.3, 0.4) is 0 Å². The lowest BCUT2D eigenvalue weighted by Gasteiger charge is -2.39. The van der Waals surface area contributed by atoms with Gasteiger partial charge in [0.15, 0.2) is 0 Å². The highest BCUT2D eigenvalue weighted by Crippen LogP contribution is 2.41. The summed E-state index contributed by atoms with van der Waals surface area (Å²) in [7, 11) is 0. The SMILES string of the molecule is O=C(c1cccnc1)N1CCC2(CCN(Cc3cccnc3)C2)CC1. The number of amides is 1. The quantitative estimate of drug-likeness (QED) is 0.864. The first-order chi connectivity index (χ1) is 12.2. The van der Waals surface area contributed by atoms with E-state index in [4.69, 9.17) is 0 Å². The molecule has 1 spiro atoms. The van der Waals surface area contributed by atoms with Gasteiger partial charge in [-0.25, -0.2) is 0 Å². The molecule has 2 aromatic heterocycles. The number of piperidine rings is 1. The third kappa shape index (κ3) is 3.56. The zero-order valence-corrected chi connectivity index (χ0v) is 14.5. The van der Waals surface area contributed by atoms with E-state index >= 15 is 0 Å². The first-order valence-electron chi connectivity index (χ1n) is 9.05. The van der Waals surface area contributed by atoms with E-state index in [1.165, 1.54) is 12.0 Å². The molecule has 4 heterocycles. The minimum atomic E-state index is 0.119. The van der Waals surface area contributed by atoms with E-state index in [0.29, 0.717) is 11.0 Å². The predicted octanol–water partition coefficient (Wildman–Crippen LogP) is 2.60. The average molecular weight is 336 g/mol. The van der Waals surface area contributed by atoms with Crippen LogP contribution in [-0.4, -0.2) is 51.9 Å². The van der Waals surface area contributed by atoms with E-state index in [9.17, 15) is 4.79 Å². The average Bonchev–Trinajstić information content (AvgIpc) is 3.05. The maximum atomic E-state index is 12.6. The van der Waals surface area contributed by atoms with Crippen molar-refractivity contribution in [1.82, 2.24) is 19.8 Å². The van der Waals surface area contributed by atoms with E-state index in [0.717, 1.165) is 45.6 Å². The van der Waals surface area contributed by atoms with E-state index in [2.05, 4.69) is 20.9 Å². The molecule has 5 nitrogen and oxygen atoms in total. The van der Waals surface area contributed by atoms with Crippen molar-refractivity contribution in [1.29, 1.82) is 0 Å². The number of rotatable bonds is 3. The molecule has 0 unspecified atom stereocenters. The molecule has 2 saturated heterocycles. The summed E-state index contributed by atoms with van der Waals surface area (Å²) < 4.78 is 0. The highest BCUT2D eigenvalue weighted by atomic mass is 16.2. The van der Waals surface area contributed by atoms with Gasteiger partial charge in [0, 0.05) is 51.0 Å². The molecule has 1 amide bonds. The van der Waals surface area contributed by atoms with Crippen LogP contribution in [0.15, 0.2) is 49.1 Å². The standard InChI is InChI=1S/C20H24N4O/c25-19(18-4-2-9-22-14-18)24-11-6-20(7-12-24)5-10-23(16-20)15-17-3-1-8-21-13-17/h1-4,8-9,13-14H,5-7,10-12,15-16H2. The third-order valence-electron chi connectivity index (χ3n) is 5.67. The second-order valence-corrected chi connectivity index (χ2v) is 7.36. The number of hydrogen-bond donors (Lipinski definition) is 0. The second-order valence-electron chi connectivity index (χ2n) is 7.36. The second kappa shape index (κ2) is 6.92. The van der Waals surface area contributed by atoms with Gasteiger partial charge < -0.3 is 4.90 Å². The maximum absolute atomic E-state index is 12.6. The van der Waals surface area contributed by atoms with Crippen LogP contribution in [0.2, 0.25) is 0 Å². The number of nitrogens with zero attached hydrogens (tertiary/aromatic N) is 4.